The van der Waals surface area contributed by atoms with Crippen LogP contribution in [0.1, 0.15) is 38.2 Å². The van der Waals surface area contributed by atoms with Crippen molar-refractivity contribution in [3.05, 3.63) is 35.9 Å². The molecule has 0 aliphatic rings. The van der Waals surface area contributed by atoms with E-state index in [1.165, 1.54) is 0 Å². The molecule has 1 aromatic rings. The maximum atomic E-state index is 12.1. The van der Waals surface area contributed by atoms with Crippen LogP contribution in [0.4, 0.5) is 0 Å². The lowest BCUT2D eigenvalue weighted by Crippen LogP contribution is -2.20. The summed E-state index contributed by atoms with van der Waals surface area (Å²) < 4.78 is 0. The van der Waals surface area contributed by atoms with Crippen molar-refractivity contribution in [3.63, 3.8) is 0 Å². The van der Waals surface area contributed by atoms with Crippen molar-refractivity contribution in [2.75, 3.05) is 0 Å². The van der Waals surface area contributed by atoms with Crippen LogP contribution in [0.5, 0.6) is 0 Å². The van der Waals surface area contributed by atoms with E-state index in [-0.39, 0.29) is 11.7 Å². The first kappa shape index (κ1) is 12.4. The van der Waals surface area contributed by atoms with Gasteiger partial charge in [0.15, 0.2) is 5.78 Å². The predicted molar refractivity (Wildman–Crippen MR) is 63.9 cm³/mol. The Morgan fingerprint density at radius 1 is 1.25 bits per heavy atom. The van der Waals surface area contributed by atoms with Crippen molar-refractivity contribution in [1.82, 2.24) is 0 Å². The molecule has 1 rings (SSSR count). The first-order chi connectivity index (χ1) is 7.74. The molecule has 1 atom stereocenters. The number of hydrogen-bond acceptors (Lipinski definition) is 2. The van der Waals surface area contributed by atoms with Crippen LogP contribution in [-0.2, 0) is 4.79 Å². The molecule has 0 fully saturated rings. The van der Waals surface area contributed by atoms with Gasteiger partial charge in [-0.05, 0) is 18.4 Å². The highest BCUT2D eigenvalue weighted by Gasteiger charge is 2.25. The Morgan fingerprint density at radius 2 is 1.81 bits per heavy atom. The Labute approximate surface area is 96.9 Å². The van der Waals surface area contributed by atoms with Gasteiger partial charge in [-0.1, -0.05) is 44.2 Å². The lowest BCUT2D eigenvalue weighted by molar-refractivity contribution is -0.123. The lowest BCUT2D eigenvalue weighted by atomic mass is 9.86. The average Bonchev–Trinajstić information content (AvgIpc) is 2.33. The Morgan fingerprint density at radius 3 is 2.25 bits per heavy atom. The highest BCUT2D eigenvalue weighted by Crippen LogP contribution is 2.23. The smallest absolute Gasteiger partial charge is 0.157 e. The first-order valence-corrected chi connectivity index (χ1v) is 5.72. The van der Waals surface area contributed by atoms with E-state index in [0.29, 0.717) is 0 Å². The molecule has 16 heavy (non-hydrogen) atoms. The molecule has 1 aromatic carbocycles. The van der Waals surface area contributed by atoms with Crippen molar-refractivity contribution < 1.29 is 4.79 Å². The summed E-state index contributed by atoms with van der Waals surface area (Å²) in [4.78, 5) is 12.1. The summed E-state index contributed by atoms with van der Waals surface area (Å²) in [5, 5.41) is 9.12. The van der Waals surface area contributed by atoms with E-state index in [1.54, 1.807) is 0 Å². The van der Waals surface area contributed by atoms with Gasteiger partial charge in [0.2, 0.25) is 0 Å². The highest BCUT2D eigenvalue weighted by molar-refractivity contribution is 5.90. The van der Waals surface area contributed by atoms with Crippen LogP contribution in [0.3, 0.4) is 0 Å². The topological polar surface area (TPSA) is 40.9 Å². The summed E-state index contributed by atoms with van der Waals surface area (Å²) in [7, 11) is 0. The molecular formula is C14H17NO. The van der Waals surface area contributed by atoms with Crippen LogP contribution in [0.2, 0.25) is 0 Å². The lowest BCUT2D eigenvalue weighted by Gasteiger charge is -2.15. The third-order valence-electron chi connectivity index (χ3n) is 2.93. The predicted octanol–water partition coefficient (Wildman–Crippen LogP) is 3.30. The van der Waals surface area contributed by atoms with Crippen LogP contribution in [0.25, 0.3) is 0 Å². The standard InChI is InChI=1S/C14H17NO/c1-3-11(4-2)14(16)13(10-15)12-8-6-5-7-9-12/h5-9,11,13H,3-4H2,1-2H3. The van der Waals surface area contributed by atoms with Crippen LogP contribution >= 0.6 is 0 Å². The van der Waals surface area contributed by atoms with Crippen LogP contribution in [-0.4, -0.2) is 5.78 Å². The van der Waals surface area contributed by atoms with E-state index in [2.05, 4.69) is 6.07 Å². The molecule has 0 saturated heterocycles. The number of rotatable bonds is 5. The maximum absolute atomic E-state index is 12.1. The minimum absolute atomic E-state index is 0.00450. The van der Waals surface area contributed by atoms with Gasteiger partial charge in [0, 0.05) is 5.92 Å². The summed E-state index contributed by atoms with van der Waals surface area (Å²) in [5.41, 5.74) is 0.807. The molecule has 0 aromatic heterocycles. The van der Waals surface area contributed by atoms with E-state index >= 15 is 0 Å². The zero-order valence-electron chi connectivity index (χ0n) is 9.81. The fourth-order valence-corrected chi connectivity index (χ4v) is 1.87. The summed E-state index contributed by atoms with van der Waals surface area (Å²) >= 11 is 0. The fourth-order valence-electron chi connectivity index (χ4n) is 1.87. The molecule has 0 spiro atoms. The Balaban J connectivity index is 2.92. The van der Waals surface area contributed by atoms with E-state index in [1.807, 2.05) is 44.2 Å². The molecule has 0 saturated carbocycles. The molecule has 0 N–H and O–H groups in total. The molecule has 0 heterocycles. The van der Waals surface area contributed by atoms with E-state index in [9.17, 15) is 4.79 Å². The molecule has 0 aliphatic carbocycles. The summed E-state index contributed by atoms with van der Waals surface area (Å²) in [6.45, 7) is 3.98. The number of nitriles is 1. The van der Waals surface area contributed by atoms with Gasteiger partial charge in [0.05, 0.1) is 6.07 Å². The highest BCUT2D eigenvalue weighted by atomic mass is 16.1. The first-order valence-electron chi connectivity index (χ1n) is 5.72. The zero-order chi connectivity index (χ0) is 12.0. The van der Waals surface area contributed by atoms with E-state index in [4.69, 9.17) is 5.26 Å². The summed E-state index contributed by atoms with van der Waals surface area (Å²) in [6.07, 6.45) is 1.61. The molecule has 2 nitrogen and oxygen atoms in total. The SMILES string of the molecule is CCC(CC)C(=O)C(C#N)c1ccccc1. The van der Waals surface area contributed by atoms with Crippen molar-refractivity contribution in [3.8, 4) is 6.07 Å². The molecular weight excluding hydrogens is 198 g/mol. The quantitative estimate of drug-likeness (QED) is 0.756. The minimum atomic E-state index is -0.605. The number of hydrogen-bond donors (Lipinski definition) is 0. The summed E-state index contributed by atoms with van der Waals surface area (Å²) in [6, 6.07) is 11.4. The average molecular weight is 215 g/mol. The third kappa shape index (κ3) is 2.70. The van der Waals surface area contributed by atoms with E-state index < -0.39 is 5.92 Å². The molecule has 0 amide bonds. The van der Waals surface area contributed by atoms with Crippen molar-refractivity contribution in [2.45, 2.75) is 32.6 Å². The van der Waals surface area contributed by atoms with Crippen molar-refractivity contribution >= 4 is 5.78 Å². The third-order valence-corrected chi connectivity index (χ3v) is 2.93. The number of benzene rings is 1. The summed E-state index contributed by atoms with van der Waals surface area (Å²) in [5.74, 6) is -0.547. The largest absolute Gasteiger partial charge is 0.298 e. The number of carbonyl (C=O) groups excluding carboxylic acids is 1. The van der Waals surface area contributed by atoms with Crippen molar-refractivity contribution in [2.24, 2.45) is 5.92 Å². The monoisotopic (exact) mass is 215 g/mol. The van der Waals surface area contributed by atoms with Gasteiger partial charge in [0.1, 0.15) is 5.92 Å². The van der Waals surface area contributed by atoms with Crippen molar-refractivity contribution in [1.29, 1.82) is 5.26 Å². The van der Waals surface area contributed by atoms with Gasteiger partial charge in [-0.3, -0.25) is 4.79 Å². The zero-order valence-corrected chi connectivity index (χ0v) is 9.81. The molecule has 0 bridgehead atoms. The Kier molecular flexibility index (Phi) is 4.72. The van der Waals surface area contributed by atoms with Gasteiger partial charge in [0.25, 0.3) is 0 Å². The second kappa shape index (κ2) is 6.07. The van der Waals surface area contributed by atoms with E-state index in [0.717, 1.165) is 18.4 Å². The van der Waals surface area contributed by atoms with Crippen LogP contribution in [0.15, 0.2) is 30.3 Å². The minimum Gasteiger partial charge on any atom is -0.298 e. The normalized spacial score (nSPS) is 12.1. The number of ketones is 1. The Hall–Kier alpha value is -1.62. The molecule has 0 radical (unpaired) electrons. The van der Waals surface area contributed by atoms with Gasteiger partial charge < -0.3 is 0 Å². The number of Topliss-reactive ketones (excluding diaryl/α,β-unsaturated/α-hetero) is 1. The number of carbonyl (C=O) groups is 1. The molecule has 0 aliphatic heterocycles. The maximum Gasteiger partial charge on any atom is 0.157 e. The van der Waals surface area contributed by atoms with Gasteiger partial charge in [-0.2, -0.15) is 5.26 Å². The molecule has 1 unspecified atom stereocenters. The number of nitrogens with zero attached hydrogens (tertiary/aromatic N) is 1. The molecule has 84 valence electrons. The fraction of sp³-hybridized carbons (Fsp3) is 0.429. The van der Waals surface area contributed by atoms with Gasteiger partial charge in [-0.25, -0.2) is 0 Å². The van der Waals surface area contributed by atoms with Crippen LogP contribution < -0.4 is 0 Å². The second-order valence-electron chi connectivity index (χ2n) is 3.89. The molecule has 2 heteroatoms. The van der Waals surface area contributed by atoms with Crippen LogP contribution in [0, 0.1) is 17.2 Å². The second-order valence-corrected chi connectivity index (χ2v) is 3.89. The Bertz CT molecular complexity index is 373. The van der Waals surface area contributed by atoms with Gasteiger partial charge in [-0.15, -0.1) is 0 Å². The van der Waals surface area contributed by atoms with Gasteiger partial charge >= 0.3 is 0 Å².